The minimum Gasteiger partial charge on any atom is -0.323 e. The van der Waals surface area contributed by atoms with Gasteiger partial charge in [0.25, 0.3) is 0 Å². The first-order valence-corrected chi connectivity index (χ1v) is 6.42. The average Bonchev–Trinajstić information content (AvgIpc) is 2.75. The Morgan fingerprint density at radius 2 is 1.81 bits per heavy atom. The summed E-state index contributed by atoms with van der Waals surface area (Å²) in [5, 5.41) is 2.17. The Labute approximate surface area is 101 Å². The SMILES string of the molecule is Cc1cc(C(N)C(C)c2ccccc2)cs1. The van der Waals surface area contributed by atoms with Crippen LogP contribution in [0.2, 0.25) is 0 Å². The summed E-state index contributed by atoms with van der Waals surface area (Å²) in [6, 6.07) is 12.7. The van der Waals surface area contributed by atoms with Crippen molar-refractivity contribution in [2.24, 2.45) is 5.73 Å². The van der Waals surface area contributed by atoms with Crippen molar-refractivity contribution in [1.29, 1.82) is 0 Å². The van der Waals surface area contributed by atoms with Crippen LogP contribution in [-0.2, 0) is 0 Å². The molecular formula is C14H17NS. The van der Waals surface area contributed by atoms with Crippen LogP contribution in [0, 0.1) is 6.92 Å². The van der Waals surface area contributed by atoms with E-state index in [9.17, 15) is 0 Å². The molecule has 0 radical (unpaired) electrons. The Balaban J connectivity index is 2.19. The smallest absolute Gasteiger partial charge is 0.0370 e. The van der Waals surface area contributed by atoms with Crippen molar-refractivity contribution in [2.45, 2.75) is 25.8 Å². The van der Waals surface area contributed by atoms with Crippen LogP contribution in [0.15, 0.2) is 41.8 Å². The third kappa shape index (κ3) is 2.34. The molecule has 84 valence electrons. The second kappa shape index (κ2) is 4.81. The molecule has 0 aliphatic rings. The predicted octanol–water partition coefficient (Wildman–Crippen LogP) is 3.86. The lowest BCUT2D eigenvalue weighted by Crippen LogP contribution is -2.16. The van der Waals surface area contributed by atoms with Gasteiger partial charge in [0.1, 0.15) is 0 Å². The van der Waals surface area contributed by atoms with Crippen LogP contribution in [0.3, 0.4) is 0 Å². The van der Waals surface area contributed by atoms with E-state index in [1.54, 1.807) is 11.3 Å². The molecule has 0 spiro atoms. The van der Waals surface area contributed by atoms with Crippen LogP contribution in [0.5, 0.6) is 0 Å². The van der Waals surface area contributed by atoms with Crippen LogP contribution >= 0.6 is 11.3 Å². The maximum absolute atomic E-state index is 6.29. The van der Waals surface area contributed by atoms with Gasteiger partial charge in [-0.2, -0.15) is 0 Å². The maximum Gasteiger partial charge on any atom is 0.0370 e. The maximum atomic E-state index is 6.29. The van der Waals surface area contributed by atoms with Gasteiger partial charge in [-0.25, -0.2) is 0 Å². The number of nitrogens with two attached hydrogens (primary N) is 1. The second-order valence-electron chi connectivity index (χ2n) is 4.22. The van der Waals surface area contributed by atoms with E-state index in [1.165, 1.54) is 16.0 Å². The molecule has 1 heterocycles. The van der Waals surface area contributed by atoms with Crippen LogP contribution in [0.4, 0.5) is 0 Å². The zero-order chi connectivity index (χ0) is 11.5. The zero-order valence-corrected chi connectivity index (χ0v) is 10.5. The van der Waals surface area contributed by atoms with Gasteiger partial charge in [-0.15, -0.1) is 11.3 Å². The molecule has 2 heteroatoms. The van der Waals surface area contributed by atoms with Gasteiger partial charge >= 0.3 is 0 Å². The van der Waals surface area contributed by atoms with E-state index in [-0.39, 0.29) is 6.04 Å². The first-order chi connectivity index (χ1) is 7.68. The summed E-state index contributed by atoms with van der Waals surface area (Å²) >= 11 is 1.77. The first kappa shape index (κ1) is 11.4. The molecule has 1 aromatic carbocycles. The molecule has 0 amide bonds. The number of rotatable bonds is 3. The Hall–Kier alpha value is -1.12. The molecule has 16 heavy (non-hydrogen) atoms. The molecule has 0 aliphatic carbocycles. The molecule has 1 aromatic heterocycles. The summed E-state index contributed by atoms with van der Waals surface area (Å²) in [6.07, 6.45) is 0. The van der Waals surface area contributed by atoms with E-state index in [4.69, 9.17) is 5.73 Å². The normalized spacial score (nSPS) is 14.7. The van der Waals surface area contributed by atoms with Crippen molar-refractivity contribution in [2.75, 3.05) is 0 Å². The summed E-state index contributed by atoms with van der Waals surface area (Å²) in [4.78, 5) is 1.32. The van der Waals surface area contributed by atoms with Crippen molar-refractivity contribution >= 4 is 11.3 Å². The lowest BCUT2D eigenvalue weighted by molar-refractivity contribution is 0.599. The van der Waals surface area contributed by atoms with E-state index in [0.29, 0.717) is 5.92 Å². The number of aryl methyl sites for hydroxylation is 1. The zero-order valence-electron chi connectivity index (χ0n) is 9.68. The molecule has 0 saturated heterocycles. The molecule has 2 atom stereocenters. The third-order valence-electron chi connectivity index (χ3n) is 3.00. The van der Waals surface area contributed by atoms with Crippen LogP contribution in [-0.4, -0.2) is 0 Å². The summed E-state index contributed by atoms with van der Waals surface area (Å²) in [5.74, 6) is 0.357. The van der Waals surface area contributed by atoms with Crippen LogP contribution < -0.4 is 5.73 Å². The molecule has 0 fully saturated rings. The Kier molecular flexibility index (Phi) is 3.42. The van der Waals surface area contributed by atoms with Gasteiger partial charge in [-0.05, 0) is 29.5 Å². The fourth-order valence-corrected chi connectivity index (χ4v) is 2.64. The summed E-state index contributed by atoms with van der Waals surface area (Å²) < 4.78 is 0. The van der Waals surface area contributed by atoms with Crippen molar-refractivity contribution in [1.82, 2.24) is 0 Å². The van der Waals surface area contributed by atoms with Crippen LogP contribution in [0.1, 0.15) is 34.9 Å². The summed E-state index contributed by atoms with van der Waals surface area (Å²) in [5.41, 5.74) is 8.84. The molecule has 0 bridgehead atoms. The minimum atomic E-state index is 0.0901. The predicted molar refractivity (Wildman–Crippen MR) is 70.8 cm³/mol. The molecule has 0 aliphatic heterocycles. The lowest BCUT2D eigenvalue weighted by Gasteiger charge is -2.19. The Morgan fingerprint density at radius 1 is 1.12 bits per heavy atom. The topological polar surface area (TPSA) is 26.0 Å². The highest BCUT2D eigenvalue weighted by Gasteiger charge is 2.17. The molecule has 0 saturated carbocycles. The Morgan fingerprint density at radius 3 is 2.38 bits per heavy atom. The highest BCUT2D eigenvalue weighted by atomic mass is 32.1. The number of hydrogen-bond acceptors (Lipinski definition) is 2. The first-order valence-electron chi connectivity index (χ1n) is 5.54. The van der Waals surface area contributed by atoms with Gasteiger partial charge in [0.2, 0.25) is 0 Å². The van der Waals surface area contributed by atoms with E-state index in [0.717, 1.165) is 0 Å². The molecule has 2 rings (SSSR count). The van der Waals surface area contributed by atoms with E-state index in [1.807, 2.05) is 6.07 Å². The molecular weight excluding hydrogens is 214 g/mol. The Bertz CT molecular complexity index is 447. The number of benzene rings is 1. The van der Waals surface area contributed by atoms with Gasteiger partial charge in [-0.3, -0.25) is 0 Å². The lowest BCUT2D eigenvalue weighted by atomic mass is 9.90. The van der Waals surface area contributed by atoms with Gasteiger partial charge in [-0.1, -0.05) is 37.3 Å². The monoisotopic (exact) mass is 231 g/mol. The molecule has 2 unspecified atom stereocenters. The summed E-state index contributed by atoms with van der Waals surface area (Å²) in [7, 11) is 0. The van der Waals surface area contributed by atoms with Gasteiger partial charge < -0.3 is 5.73 Å². The van der Waals surface area contributed by atoms with Gasteiger partial charge in [0.15, 0.2) is 0 Å². The quantitative estimate of drug-likeness (QED) is 0.853. The molecule has 2 N–H and O–H groups in total. The van der Waals surface area contributed by atoms with Crippen molar-refractivity contribution in [3.05, 3.63) is 57.8 Å². The van der Waals surface area contributed by atoms with E-state index >= 15 is 0 Å². The number of hydrogen-bond donors (Lipinski definition) is 1. The van der Waals surface area contributed by atoms with Crippen molar-refractivity contribution in [3.8, 4) is 0 Å². The second-order valence-corrected chi connectivity index (χ2v) is 5.33. The van der Waals surface area contributed by atoms with Gasteiger partial charge in [0.05, 0.1) is 0 Å². The van der Waals surface area contributed by atoms with Crippen molar-refractivity contribution < 1.29 is 0 Å². The highest BCUT2D eigenvalue weighted by molar-refractivity contribution is 7.10. The third-order valence-corrected chi connectivity index (χ3v) is 3.88. The fourth-order valence-electron chi connectivity index (χ4n) is 1.89. The largest absolute Gasteiger partial charge is 0.323 e. The van der Waals surface area contributed by atoms with E-state index in [2.05, 4.69) is 49.6 Å². The van der Waals surface area contributed by atoms with E-state index < -0.39 is 0 Å². The minimum absolute atomic E-state index is 0.0901. The van der Waals surface area contributed by atoms with Gasteiger partial charge in [0, 0.05) is 16.8 Å². The standard InChI is InChI=1S/C14H17NS/c1-10-8-13(9-16-10)14(15)11(2)12-6-4-3-5-7-12/h3-9,11,14H,15H2,1-2H3. The fraction of sp³-hybridized carbons (Fsp3) is 0.286. The van der Waals surface area contributed by atoms with Crippen LogP contribution in [0.25, 0.3) is 0 Å². The molecule has 1 nitrogen and oxygen atoms in total. The average molecular weight is 231 g/mol. The van der Waals surface area contributed by atoms with Crippen molar-refractivity contribution in [3.63, 3.8) is 0 Å². The molecule has 2 aromatic rings. The highest BCUT2D eigenvalue weighted by Crippen LogP contribution is 2.30. The number of thiophene rings is 1. The summed E-state index contributed by atoms with van der Waals surface area (Å²) in [6.45, 7) is 4.31.